The first-order valence-electron chi connectivity index (χ1n) is 11.7. The molecule has 0 saturated carbocycles. The number of anilines is 2. The quantitative estimate of drug-likeness (QED) is 0.293. The Kier molecular flexibility index (Phi) is 9.44. The molecule has 0 bridgehead atoms. The van der Waals surface area contributed by atoms with Crippen molar-refractivity contribution in [1.82, 2.24) is 14.9 Å². The molecule has 0 radical (unpaired) electrons. The van der Waals surface area contributed by atoms with Crippen molar-refractivity contribution in [2.24, 2.45) is 0 Å². The van der Waals surface area contributed by atoms with Crippen LogP contribution in [0.4, 0.5) is 11.4 Å². The monoisotopic (exact) mass is 547 g/mol. The topological polar surface area (TPSA) is 132 Å². The van der Waals surface area contributed by atoms with Crippen LogP contribution in [-0.4, -0.2) is 41.4 Å². The normalized spacial score (nSPS) is 10.6. The first kappa shape index (κ1) is 28.6. The van der Waals surface area contributed by atoms with Crippen LogP contribution in [-0.2, 0) is 4.79 Å². The molecule has 0 fully saturated rings. The second-order valence-electron chi connectivity index (χ2n) is 9.06. The van der Waals surface area contributed by atoms with Gasteiger partial charge in [0, 0.05) is 41.0 Å². The zero-order valence-corrected chi connectivity index (χ0v) is 23.1. The van der Waals surface area contributed by atoms with E-state index in [9.17, 15) is 4.79 Å². The summed E-state index contributed by atoms with van der Waals surface area (Å²) in [6, 6.07) is 11.3. The van der Waals surface area contributed by atoms with Crippen molar-refractivity contribution in [2.45, 2.75) is 26.7 Å². The molecule has 38 heavy (non-hydrogen) atoms. The van der Waals surface area contributed by atoms with E-state index in [0.717, 1.165) is 35.0 Å². The largest absolute Gasteiger partial charge is 0.398 e. The maximum atomic E-state index is 12.1. The molecular weight excluding hydrogens is 521 g/mol. The molecular formula is C28H27Cl2N7O. The summed E-state index contributed by atoms with van der Waals surface area (Å²) in [7, 11) is 3.96. The molecule has 0 spiro atoms. The van der Waals surface area contributed by atoms with Gasteiger partial charge in [-0.2, -0.15) is 10.5 Å². The highest BCUT2D eigenvalue weighted by Gasteiger charge is 2.12. The van der Waals surface area contributed by atoms with E-state index in [1.54, 1.807) is 12.1 Å². The summed E-state index contributed by atoms with van der Waals surface area (Å²) in [6.07, 6.45) is 4.19. The molecule has 194 valence electrons. The number of hydrogen-bond donors (Lipinski definition) is 2. The fourth-order valence-electron chi connectivity index (χ4n) is 3.70. The Labute approximate surface area is 231 Å². The lowest BCUT2D eigenvalue weighted by Crippen LogP contribution is -2.17. The SMILES string of the molecule is Cc1cc2ncc(C#N)c(Cl)c2cc1N.Cc1cc2ncc(C#N)c(Cl)c2cc1NC(=O)CCCN(C)C. The van der Waals surface area contributed by atoms with Crippen LogP contribution < -0.4 is 11.1 Å². The van der Waals surface area contributed by atoms with Crippen molar-refractivity contribution in [3.05, 3.63) is 69.0 Å². The van der Waals surface area contributed by atoms with Gasteiger partial charge < -0.3 is 16.0 Å². The van der Waals surface area contributed by atoms with Gasteiger partial charge in [-0.15, -0.1) is 0 Å². The van der Waals surface area contributed by atoms with Crippen molar-refractivity contribution in [3.63, 3.8) is 0 Å². The van der Waals surface area contributed by atoms with Crippen LogP contribution in [0.15, 0.2) is 36.7 Å². The lowest BCUT2D eigenvalue weighted by atomic mass is 10.1. The smallest absolute Gasteiger partial charge is 0.224 e. The molecule has 8 nitrogen and oxygen atoms in total. The number of benzene rings is 2. The van der Waals surface area contributed by atoms with Crippen LogP contribution in [0, 0.1) is 36.5 Å². The molecule has 4 rings (SSSR count). The van der Waals surface area contributed by atoms with Crippen molar-refractivity contribution in [2.75, 3.05) is 31.7 Å². The summed E-state index contributed by atoms with van der Waals surface area (Å²) in [5.74, 6) is -0.0326. The number of carbonyl (C=O) groups is 1. The number of carbonyl (C=O) groups excluding carboxylic acids is 1. The Morgan fingerprint density at radius 3 is 2.00 bits per heavy atom. The molecule has 0 aliphatic rings. The molecule has 0 unspecified atom stereocenters. The average Bonchev–Trinajstić information content (AvgIpc) is 2.87. The van der Waals surface area contributed by atoms with Crippen molar-refractivity contribution >= 4 is 62.3 Å². The highest BCUT2D eigenvalue weighted by Crippen LogP contribution is 2.30. The van der Waals surface area contributed by atoms with E-state index in [4.69, 9.17) is 39.5 Å². The number of hydrogen-bond acceptors (Lipinski definition) is 7. The van der Waals surface area contributed by atoms with Crippen LogP contribution in [0.5, 0.6) is 0 Å². The number of pyridine rings is 2. The maximum Gasteiger partial charge on any atom is 0.224 e. The molecule has 2 heterocycles. The fourth-order valence-corrected chi connectivity index (χ4v) is 4.18. The van der Waals surface area contributed by atoms with E-state index in [1.165, 1.54) is 12.4 Å². The molecule has 0 aliphatic carbocycles. The van der Waals surface area contributed by atoms with Gasteiger partial charge in [-0.1, -0.05) is 23.2 Å². The zero-order valence-electron chi connectivity index (χ0n) is 21.6. The number of nitrogens with zero attached hydrogens (tertiary/aromatic N) is 5. The zero-order chi connectivity index (χ0) is 28.0. The lowest BCUT2D eigenvalue weighted by Gasteiger charge is -2.12. The van der Waals surface area contributed by atoms with Crippen molar-refractivity contribution in [3.8, 4) is 12.1 Å². The number of aromatic nitrogens is 2. The summed E-state index contributed by atoms with van der Waals surface area (Å²) in [4.78, 5) is 22.5. The van der Waals surface area contributed by atoms with Gasteiger partial charge in [-0.25, -0.2) is 0 Å². The Hall–Kier alpha value is -3.95. The molecule has 2 aromatic carbocycles. The number of nitrogen functional groups attached to an aromatic ring is 1. The number of fused-ring (bicyclic) bond motifs is 2. The summed E-state index contributed by atoms with van der Waals surface area (Å²) in [5, 5.41) is 22.9. The minimum Gasteiger partial charge on any atom is -0.398 e. The maximum absolute atomic E-state index is 12.1. The third-order valence-corrected chi connectivity index (χ3v) is 6.68. The van der Waals surface area contributed by atoms with E-state index in [-0.39, 0.29) is 5.91 Å². The summed E-state index contributed by atoms with van der Waals surface area (Å²) < 4.78 is 0. The van der Waals surface area contributed by atoms with Gasteiger partial charge in [0.2, 0.25) is 5.91 Å². The first-order chi connectivity index (χ1) is 18.0. The molecule has 4 aromatic rings. The Bertz CT molecular complexity index is 1600. The third-order valence-electron chi connectivity index (χ3n) is 5.86. The number of halogens is 2. The van der Waals surface area contributed by atoms with E-state index in [2.05, 4.69) is 15.3 Å². The van der Waals surface area contributed by atoms with Crippen LogP contribution in [0.1, 0.15) is 35.1 Å². The van der Waals surface area contributed by atoms with Gasteiger partial charge in [0.05, 0.1) is 32.2 Å². The number of aryl methyl sites for hydroxylation is 2. The lowest BCUT2D eigenvalue weighted by molar-refractivity contribution is -0.116. The Balaban J connectivity index is 0.000000230. The molecule has 1 amide bonds. The number of nitrogens with two attached hydrogens (primary N) is 1. The van der Waals surface area contributed by atoms with Gasteiger partial charge in [0.25, 0.3) is 0 Å². The predicted octanol–water partition coefficient (Wildman–Crippen LogP) is 6.00. The minimum atomic E-state index is -0.0326. The minimum absolute atomic E-state index is 0.0326. The van der Waals surface area contributed by atoms with E-state index in [0.29, 0.717) is 49.9 Å². The van der Waals surface area contributed by atoms with Crippen LogP contribution in [0.2, 0.25) is 10.0 Å². The van der Waals surface area contributed by atoms with Gasteiger partial charge in [0.1, 0.15) is 12.1 Å². The van der Waals surface area contributed by atoms with Gasteiger partial charge in [0.15, 0.2) is 0 Å². The van der Waals surface area contributed by atoms with Crippen LogP contribution in [0.3, 0.4) is 0 Å². The fraction of sp³-hybridized carbons (Fsp3) is 0.250. The molecule has 3 N–H and O–H groups in total. The standard InChI is InChI=1S/C17H19ClN4O.C11H8ClN3/c1-11-7-15-13(17(18)12(9-19)10-20-15)8-14(11)21-16(23)5-4-6-22(2)3;1-6-2-10-8(3-9(6)14)11(12)7(4-13)5-15-10/h7-8,10H,4-6H2,1-3H3,(H,21,23);2-3,5H,14H2,1H3. The van der Waals surface area contributed by atoms with Crippen LogP contribution >= 0.6 is 23.2 Å². The molecule has 0 saturated heterocycles. The molecule has 2 aromatic heterocycles. The van der Waals surface area contributed by atoms with E-state index < -0.39 is 0 Å². The summed E-state index contributed by atoms with van der Waals surface area (Å²) >= 11 is 12.3. The van der Waals surface area contributed by atoms with Gasteiger partial charge >= 0.3 is 0 Å². The molecule has 0 aliphatic heterocycles. The van der Waals surface area contributed by atoms with Crippen molar-refractivity contribution in [1.29, 1.82) is 10.5 Å². The summed E-state index contributed by atoms with van der Waals surface area (Å²) in [6.45, 7) is 4.68. The number of rotatable bonds is 5. The number of nitriles is 2. The van der Waals surface area contributed by atoms with Crippen molar-refractivity contribution < 1.29 is 4.79 Å². The number of amides is 1. The highest BCUT2D eigenvalue weighted by atomic mass is 35.5. The Morgan fingerprint density at radius 1 is 0.947 bits per heavy atom. The van der Waals surface area contributed by atoms with E-state index >= 15 is 0 Å². The first-order valence-corrected chi connectivity index (χ1v) is 12.5. The second-order valence-corrected chi connectivity index (χ2v) is 9.82. The van der Waals surface area contributed by atoms with Gasteiger partial charge in [-0.3, -0.25) is 14.8 Å². The Morgan fingerprint density at radius 2 is 1.47 bits per heavy atom. The number of nitrogens with one attached hydrogen (secondary N) is 1. The summed E-state index contributed by atoms with van der Waals surface area (Å²) in [5.41, 5.74) is 11.1. The second kappa shape index (κ2) is 12.5. The molecule has 10 heteroatoms. The highest BCUT2D eigenvalue weighted by molar-refractivity contribution is 6.37. The van der Waals surface area contributed by atoms with E-state index in [1.807, 2.05) is 57.1 Å². The van der Waals surface area contributed by atoms with Crippen LogP contribution in [0.25, 0.3) is 21.8 Å². The predicted molar refractivity (Wildman–Crippen MR) is 153 cm³/mol. The molecule has 0 atom stereocenters. The van der Waals surface area contributed by atoms with Gasteiger partial charge in [-0.05, 0) is 76.3 Å². The average molecular weight is 548 g/mol. The third kappa shape index (κ3) is 6.67.